The second kappa shape index (κ2) is 7.72. The summed E-state index contributed by atoms with van der Waals surface area (Å²) in [6.45, 7) is 3.87. The van der Waals surface area contributed by atoms with E-state index >= 15 is 0 Å². The second-order valence-electron chi connectivity index (χ2n) is 8.46. The van der Waals surface area contributed by atoms with Crippen LogP contribution in [0.2, 0.25) is 0 Å². The molecule has 0 spiro atoms. The molecule has 7 nitrogen and oxygen atoms in total. The predicted molar refractivity (Wildman–Crippen MR) is 115 cm³/mol. The number of aromatic nitrogens is 3. The van der Waals surface area contributed by atoms with Gasteiger partial charge in [0.25, 0.3) is 0 Å². The lowest BCUT2D eigenvalue weighted by Crippen LogP contribution is -2.43. The SMILES string of the molecule is Cc1ccc2nc(-c3ccc(N4CCC(O[C@H]5C[C@@H](C(=O)O)C5)CC4)nc3)[nH]c2c1. The van der Waals surface area contributed by atoms with Gasteiger partial charge in [0.15, 0.2) is 0 Å². The molecule has 2 aromatic heterocycles. The van der Waals surface area contributed by atoms with Crippen molar-refractivity contribution in [3.63, 3.8) is 0 Å². The Hall–Kier alpha value is -2.93. The molecule has 3 heterocycles. The normalized spacial score (nSPS) is 22.2. The highest BCUT2D eigenvalue weighted by Gasteiger charge is 2.37. The van der Waals surface area contributed by atoms with Crippen LogP contribution < -0.4 is 4.90 Å². The van der Waals surface area contributed by atoms with Crippen LogP contribution in [0.15, 0.2) is 36.5 Å². The third kappa shape index (κ3) is 3.77. The van der Waals surface area contributed by atoms with Crippen molar-refractivity contribution in [3.8, 4) is 11.4 Å². The second-order valence-corrected chi connectivity index (χ2v) is 8.46. The van der Waals surface area contributed by atoms with E-state index in [0.717, 1.165) is 54.2 Å². The summed E-state index contributed by atoms with van der Waals surface area (Å²) in [6, 6.07) is 10.3. The Kier molecular flexibility index (Phi) is 4.90. The zero-order valence-corrected chi connectivity index (χ0v) is 17.0. The van der Waals surface area contributed by atoms with E-state index in [1.807, 2.05) is 12.3 Å². The third-order valence-electron chi connectivity index (χ3n) is 6.25. The summed E-state index contributed by atoms with van der Waals surface area (Å²) in [7, 11) is 0. The van der Waals surface area contributed by atoms with Gasteiger partial charge in [-0.1, -0.05) is 6.07 Å². The molecule has 0 amide bonds. The van der Waals surface area contributed by atoms with Crippen LogP contribution in [-0.4, -0.2) is 51.3 Å². The first-order chi connectivity index (χ1) is 14.5. The molecule has 5 rings (SSSR count). The summed E-state index contributed by atoms with van der Waals surface area (Å²) < 4.78 is 6.08. The molecule has 3 aromatic rings. The number of hydrogen-bond acceptors (Lipinski definition) is 5. The summed E-state index contributed by atoms with van der Waals surface area (Å²) in [6.07, 6.45) is 5.41. The number of piperidine rings is 1. The van der Waals surface area contributed by atoms with Gasteiger partial charge in [-0.15, -0.1) is 0 Å². The van der Waals surface area contributed by atoms with Crippen molar-refractivity contribution in [1.29, 1.82) is 0 Å². The fraction of sp³-hybridized carbons (Fsp3) is 0.435. The van der Waals surface area contributed by atoms with E-state index in [9.17, 15) is 4.79 Å². The number of aliphatic carboxylic acids is 1. The van der Waals surface area contributed by atoms with Gasteiger partial charge in [-0.05, 0) is 62.4 Å². The van der Waals surface area contributed by atoms with Gasteiger partial charge in [0.05, 0.1) is 29.2 Å². The third-order valence-corrected chi connectivity index (χ3v) is 6.25. The van der Waals surface area contributed by atoms with Crippen LogP contribution in [0.25, 0.3) is 22.4 Å². The number of carboxylic acids is 1. The molecule has 1 aromatic carbocycles. The van der Waals surface area contributed by atoms with E-state index in [2.05, 4.69) is 51.0 Å². The maximum atomic E-state index is 10.9. The molecular weight excluding hydrogens is 380 g/mol. The number of nitrogens with one attached hydrogen (secondary N) is 1. The molecular formula is C23H26N4O3. The molecule has 2 fully saturated rings. The molecule has 30 heavy (non-hydrogen) atoms. The number of fused-ring (bicyclic) bond motifs is 1. The highest BCUT2D eigenvalue weighted by Crippen LogP contribution is 2.33. The lowest BCUT2D eigenvalue weighted by atomic mass is 9.82. The minimum Gasteiger partial charge on any atom is -0.481 e. The van der Waals surface area contributed by atoms with Crippen LogP contribution in [0.1, 0.15) is 31.2 Å². The number of aromatic amines is 1. The molecule has 1 saturated heterocycles. The molecule has 2 N–H and O–H groups in total. The first-order valence-electron chi connectivity index (χ1n) is 10.6. The molecule has 0 bridgehead atoms. The van der Waals surface area contributed by atoms with Gasteiger partial charge in [-0.3, -0.25) is 4.79 Å². The monoisotopic (exact) mass is 406 g/mol. The number of rotatable bonds is 5. The number of pyridine rings is 1. The number of carbonyl (C=O) groups is 1. The number of carboxylic acid groups (broad SMARTS) is 1. The molecule has 1 aliphatic heterocycles. The number of nitrogens with zero attached hydrogens (tertiary/aromatic N) is 3. The summed E-state index contributed by atoms with van der Waals surface area (Å²) in [5.74, 6) is 0.895. The van der Waals surface area contributed by atoms with Gasteiger partial charge in [-0.25, -0.2) is 9.97 Å². The van der Waals surface area contributed by atoms with Crippen LogP contribution >= 0.6 is 0 Å². The molecule has 0 atom stereocenters. The van der Waals surface area contributed by atoms with E-state index < -0.39 is 5.97 Å². The number of anilines is 1. The van der Waals surface area contributed by atoms with Crippen LogP contribution in [0, 0.1) is 12.8 Å². The lowest BCUT2D eigenvalue weighted by Gasteiger charge is -2.38. The van der Waals surface area contributed by atoms with Crippen molar-refractivity contribution in [3.05, 3.63) is 42.1 Å². The van der Waals surface area contributed by atoms with Gasteiger partial charge in [0.1, 0.15) is 11.6 Å². The van der Waals surface area contributed by atoms with Crippen molar-refractivity contribution in [2.45, 2.75) is 44.8 Å². The number of hydrogen-bond donors (Lipinski definition) is 2. The standard InChI is InChI=1S/C23H26N4O3/c1-14-2-4-19-20(10-14)26-22(25-19)15-3-5-21(24-13-15)27-8-6-17(7-9-27)30-18-11-16(12-18)23(28)29/h2-5,10,13,16-18H,6-9,11-12H2,1H3,(H,25,26)(H,28,29)/t16-,18+. The summed E-state index contributed by atoms with van der Waals surface area (Å²) >= 11 is 0. The van der Waals surface area contributed by atoms with Crippen molar-refractivity contribution in [2.75, 3.05) is 18.0 Å². The topological polar surface area (TPSA) is 91.3 Å². The maximum Gasteiger partial charge on any atom is 0.306 e. The van der Waals surface area contributed by atoms with Crippen molar-refractivity contribution < 1.29 is 14.6 Å². The Labute approximate surface area is 175 Å². The smallest absolute Gasteiger partial charge is 0.306 e. The Bertz CT molecular complexity index is 1050. The molecule has 7 heteroatoms. The number of imidazole rings is 1. The number of benzene rings is 1. The average molecular weight is 406 g/mol. The molecule has 156 valence electrons. The molecule has 1 aliphatic carbocycles. The fourth-order valence-electron chi connectivity index (χ4n) is 4.34. The highest BCUT2D eigenvalue weighted by atomic mass is 16.5. The first-order valence-corrected chi connectivity index (χ1v) is 10.6. The predicted octanol–water partition coefficient (Wildman–Crippen LogP) is 3.78. The van der Waals surface area contributed by atoms with Gasteiger partial charge in [-0.2, -0.15) is 0 Å². The van der Waals surface area contributed by atoms with E-state index in [4.69, 9.17) is 9.84 Å². The van der Waals surface area contributed by atoms with Gasteiger partial charge < -0.3 is 19.7 Å². The minimum atomic E-state index is -0.697. The highest BCUT2D eigenvalue weighted by molar-refractivity contribution is 5.80. The molecule has 0 radical (unpaired) electrons. The Morgan fingerprint density at radius 3 is 2.67 bits per heavy atom. The quantitative estimate of drug-likeness (QED) is 0.670. The van der Waals surface area contributed by atoms with E-state index in [-0.39, 0.29) is 18.1 Å². The van der Waals surface area contributed by atoms with Crippen LogP contribution in [0.5, 0.6) is 0 Å². The van der Waals surface area contributed by atoms with Gasteiger partial charge >= 0.3 is 5.97 Å². The molecule has 0 unspecified atom stereocenters. The van der Waals surface area contributed by atoms with E-state index in [0.29, 0.717) is 12.8 Å². The zero-order chi connectivity index (χ0) is 20.7. The number of ether oxygens (including phenoxy) is 1. The largest absolute Gasteiger partial charge is 0.481 e. The fourth-order valence-corrected chi connectivity index (χ4v) is 4.34. The summed E-state index contributed by atoms with van der Waals surface area (Å²) in [4.78, 5) is 25.9. The maximum absolute atomic E-state index is 10.9. The van der Waals surface area contributed by atoms with Gasteiger partial charge in [0, 0.05) is 24.8 Å². The van der Waals surface area contributed by atoms with Crippen molar-refractivity contribution >= 4 is 22.8 Å². The summed E-state index contributed by atoms with van der Waals surface area (Å²) in [5.41, 5.74) is 4.18. The van der Waals surface area contributed by atoms with Gasteiger partial charge in [0.2, 0.25) is 0 Å². The minimum absolute atomic E-state index is 0.118. The molecule has 1 saturated carbocycles. The van der Waals surface area contributed by atoms with Crippen molar-refractivity contribution in [2.24, 2.45) is 5.92 Å². The Morgan fingerprint density at radius 1 is 1.17 bits per heavy atom. The number of aryl methyl sites for hydroxylation is 1. The zero-order valence-electron chi connectivity index (χ0n) is 17.0. The van der Waals surface area contributed by atoms with E-state index in [1.54, 1.807) is 0 Å². The van der Waals surface area contributed by atoms with Crippen LogP contribution in [0.3, 0.4) is 0 Å². The van der Waals surface area contributed by atoms with Crippen molar-refractivity contribution in [1.82, 2.24) is 15.0 Å². The average Bonchev–Trinajstić information content (AvgIpc) is 3.14. The molecule has 2 aliphatic rings. The number of H-pyrrole nitrogens is 1. The lowest BCUT2D eigenvalue weighted by molar-refractivity contribution is -0.154. The van der Waals surface area contributed by atoms with Crippen LogP contribution in [0.4, 0.5) is 5.82 Å². The first kappa shape index (κ1) is 19.1. The Morgan fingerprint density at radius 2 is 1.97 bits per heavy atom. The van der Waals surface area contributed by atoms with Crippen LogP contribution in [-0.2, 0) is 9.53 Å². The Balaban J connectivity index is 1.18. The summed E-state index contributed by atoms with van der Waals surface area (Å²) in [5, 5.41) is 8.98. The van der Waals surface area contributed by atoms with E-state index in [1.165, 1.54) is 5.56 Å².